The van der Waals surface area contributed by atoms with Crippen LogP contribution in [-0.2, 0) is 11.8 Å². The Morgan fingerprint density at radius 2 is 2.36 bits per heavy atom. The molecule has 0 aliphatic carbocycles. The molecule has 7 nitrogen and oxygen atoms in total. The van der Waals surface area contributed by atoms with Gasteiger partial charge in [0.15, 0.2) is 16.7 Å². The summed E-state index contributed by atoms with van der Waals surface area (Å²) in [6.45, 7) is 2.24. The first-order valence-electron chi connectivity index (χ1n) is 6.76. The predicted molar refractivity (Wildman–Crippen MR) is 81.9 cm³/mol. The zero-order valence-corrected chi connectivity index (χ0v) is 13.5. The lowest BCUT2D eigenvalue weighted by Gasteiger charge is -2.19. The highest BCUT2D eigenvalue weighted by atomic mass is 32.2. The van der Waals surface area contributed by atoms with Gasteiger partial charge in [0.25, 0.3) is 0 Å². The Morgan fingerprint density at radius 3 is 3.00 bits per heavy atom. The smallest absolute Gasteiger partial charge is 0.235 e. The van der Waals surface area contributed by atoms with Gasteiger partial charge in [-0.3, -0.25) is 4.79 Å². The molecule has 1 amide bonds. The summed E-state index contributed by atoms with van der Waals surface area (Å²) < 4.78 is 7.10. The molecule has 0 N–H and O–H groups in total. The predicted octanol–water partition coefficient (Wildman–Crippen LogP) is 1.93. The number of thioether (sulfide) groups is 1. The van der Waals surface area contributed by atoms with E-state index in [1.54, 1.807) is 28.8 Å². The van der Waals surface area contributed by atoms with Gasteiger partial charge in [-0.25, -0.2) is 0 Å². The number of hydrogen-bond donors (Lipinski definition) is 0. The fraction of sp³-hybridized carbons (Fsp3) is 0.429. The number of nitrogens with zero attached hydrogens (tertiary/aromatic N) is 5. The van der Waals surface area contributed by atoms with E-state index in [0.29, 0.717) is 29.7 Å². The van der Waals surface area contributed by atoms with Crippen LogP contribution in [-0.4, -0.2) is 44.4 Å². The maximum absolute atomic E-state index is 12.2. The van der Waals surface area contributed by atoms with Crippen LogP contribution in [0.3, 0.4) is 0 Å². The first-order valence-corrected chi connectivity index (χ1v) is 7.64. The maximum atomic E-state index is 12.2. The summed E-state index contributed by atoms with van der Waals surface area (Å²) in [5.41, 5.74) is 0. The molecule has 1 atom stereocenters. The van der Waals surface area contributed by atoms with Crippen molar-refractivity contribution in [3.05, 3.63) is 18.4 Å². The van der Waals surface area contributed by atoms with Crippen LogP contribution < -0.4 is 0 Å². The van der Waals surface area contributed by atoms with Crippen molar-refractivity contribution in [2.45, 2.75) is 23.8 Å². The molecule has 2 rings (SSSR count). The second kappa shape index (κ2) is 7.13. The standard InChI is InChI=1S/C14H17N5O2S/c1-10(13(20)18(2)8-5-7-15)22-14-17-16-12(19(14)3)11-6-4-9-21-11/h4,6,9-10H,5,8H2,1-3H3/t10-/m1/s1. The number of hydrogen-bond acceptors (Lipinski definition) is 6. The van der Waals surface area contributed by atoms with Gasteiger partial charge in [-0.1, -0.05) is 11.8 Å². The van der Waals surface area contributed by atoms with Crippen LogP contribution in [0.15, 0.2) is 28.0 Å². The number of amides is 1. The van der Waals surface area contributed by atoms with E-state index in [4.69, 9.17) is 9.68 Å². The lowest BCUT2D eigenvalue weighted by atomic mass is 10.3. The van der Waals surface area contributed by atoms with E-state index < -0.39 is 0 Å². The molecule has 0 bridgehead atoms. The van der Waals surface area contributed by atoms with E-state index in [-0.39, 0.29) is 11.2 Å². The third kappa shape index (κ3) is 3.49. The largest absolute Gasteiger partial charge is 0.461 e. The molecule has 0 aliphatic rings. The molecule has 0 radical (unpaired) electrons. The summed E-state index contributed by atoms with van der Waals surface area (Å²) in [5.74, 6) is 1.21. The minimum Gasteiger partial charge on any atom is -0.461 e. The Balaban J connectivity index is 2.05. The molecule has 0 aliphatic heterocycles. The molecule has 0 saturated carbocycles. The highest BCUT2D eigenvalue weighted by Gasteiger charge is 2.22. The molecular weight excluding hydrogens is 302 g/mol. The number of aromatic nitrogens is 3. The summed E-state index contributed by atoms with van der Waals surface area (Å²) >= 11 is 1.33. The van der Waals surface area contributed by atoms with Crippen LogP contribution in [0.25, 0.3) is 11.6 Å². The summed E-state index contributed by atoms with van der Waals surface area (Å²) in [4.78, 5) is 13.8. The van der Waals surface area contributed by atoms with E-state index in [1.165, 1.54) is 11.8 Å². The lowest BCUT2D eigenvalue weighted by molar-refractivity contribution is -0.128. The molecule has 0 saturated heterocycles. The fourth-order valence-corrected chi connectivity index (χ4v) is 2.81. The molecule has 2 heterocycles. The number of furan rings is 1. The highest BCUT2D eigenvalue weighted by molar-refractivity contribution is 8.00. The number of rotatable bonds is 6. The van der Waals surface area contributed by atoms with Gasteiger partial charge in [0.05, 0.1) is 24.0 Å². The Kier molecular flexibility index (Phi) is 5.22. The Hall–Kier alpha value is -2.27. The van der Waals surface area contributed by atoms with Crippen molar-refractivity contribution in [1.29, 1.82) is 5.26 Å². The third-order valence-corrected chi connectivity index (χ3v) is 4.26. The average molecular weight is 319 g/mol. The molecule has 8 heteroatoms. The molecule has 2 aromatic heterocycles. The summed E-state index contributed by atoms with van der Waals surface area (Å²) in [6.07, 6.45) is 1.90. The summed E-state index contributed by atoms with van der Waals surface area (Å²) in [7, 11) is 3.53. The number of carbonyl (C=O) groups is 1. The van der Waals surface area contributed by atoms with Crippen LogP contribution in [0.4, 0.5) is 0 Å². The van der Waals surface area contributed by atoms with Gasteiger partial charge in [0.1, 0.15) is 0 Å². The van der Waals surface area contributed by atoms with Gasteiger partial charge in [-0.15, -0.1) is 10.2 Å². The molecule has 22 heavy (non-hydrogen) atoms. The van der Waals surface area contributed by atoms with Crippen molar-refractivity contribution in [3.63, 3.8) is 0 Å². The molecule has 2 aromatic rings. The van der Waals surface area contributed by atoms with E-state index in [2.05, 4.69) is 10.2 Å². The first kappa shape index (κ1) is 16.1. The second-order valence-corrected chi connectivity index (χ2v) is 6.08. The molecular formula is C14H17N5O2S. The molecule has 0 fully saturated rings. The van der Waals surface area contributed by atoms with E-state index in [0.717, 1.165) is 0 Å². The second-order valence-electron chi connectivity index (χ2n) is 4.77. The number of carbonyl (C=O) groups excluding carboxylic acids is 1. The van der Waals surface area contributed by atoms with Crippen LogP contribution in [0.5, 0.6) is 0 Å². The SMILES string of the molecule is C[C@@H](Sc1nnc(-c2ccco2)n1C)C(=O)N(C)CCC#N. The van der Waals surface area contributed by atoms with Crippen LogP contribution in [0.1, 0.15) is 13.3 Å². The zero-order valence-electron chi connectivity index (χ0n) is 12.7. The van der Waals surface area contributed by atoms with Crippen LogP contribution >= 0.6 is 11.8 Å². The lowest BCUT2D eigenvalue weighted by Crippen LogP contribution is -2.34. The third-order valence-electron chi connectivity index (χ3n) is 3.14. The Labute approximate surface area is 132 Å². The van der Waals surface area contributed by atoms with Gasteiger partial charge in [-0.05, 0) is 19.1 Å². The van der Waals surface area contributed by atoms with Crippen LogP contribution in [0.2, 0.25) is 0 Å². The minimum absolute atomic E-state index is 0.0391. The summed E-state index contributed by atoms with van der Waals surface area (Å²) in [5, 5.41) is 17.1. The van der Waals surface area contributed by atoms with E-state index in [1.807, 2.05) is 26.1 Å². The zero-order chi connectivity index (χ0) is 16.1. The maximum Gasteiger partial charge on any atom is 0.235 e. The van der Waals surface area contributed by atoms with E-state index >= 15 is 0 Å². The first-order chi connectivity index (χ1) is 10.5. The van der Waals surface area contributed by atoms with Crippen molar-refractivity contribution >= 4 is 17.7 Å². The van der Waals surface area contributed by atoms with Gasteiger partial charge in [0.2, 0.25) is 5.91 Å². The quantitative estimate of drug-likeness (QED) is 0.756. The van der Waals surface area contributed by atoms with Gasteiger partial charge >= 0.3 is 0 Å². The molecule has 0 spiro atoms. The van der Waals surface area contributed by atoms with Crippen molar-refractivity contribution in [3.8, 4) is 17.7 Å². The average Bonchev–Trinajstić information content (AvgIpc) is 3.14. The van der Waals surface area contributed by atoms with Gasteiger partial charge in [-0.2, -0.15) is 5.26 Å². The van der Waals surface area contributed by atoms with Crippen molar-refractivity contribution < 1.29 is 9.21 Å². The normalized spacial score (nSPS) is 11.9. The monoisotopic (exact) mass is 319 g/mol. The van der Waals surface area contributed by atoms with Gasteiger partial charge < -0.3 is 13.9 Å². The summed E-state index contributed by atoms with van der Waals surface area (Å²) in [6, 6.07) is 5.63. The minimum atomic E-state index is -0.309. The molecule has 0 aromatic carbocycles. The van der Waals surface area contributed by atoms with Crippen molar-refractivity contribution in [1.82, 2.24) is 19.7 Å². The topological polar surface area (TPSA) is 87.9 Å². The Bertz CT molecular complexity index is 674. The highest BCUT2D eigenvalue weighted by Crippen LogP contribution is 2.26. The fourth-order valence-electron chi connectivity index (χ4n) is 1.88. The van der Waals surface area contributed by atoms with Gasteiger partial charge in [0, 0.05) is 20.6 Å². The number of nitriles is 1. The molecule has 116 valence electrons. The Morgan fingerprint density at radius 1 is 1.59 bits per heavy atom. The van der Waals surface area contributed by atoms with E-state index in [9.17, 15) is 4.79 Å². The van der Waals surface area contributed by atoms with Crippen molar-refractivity contribution in [2.75, 3.05) is 13.6 Å². The molecule has 0 unspecified atom stereocenters. The van der Waals surface area contributed by atoms with Crippen molar-refractivity contribution in [2.24, 2.45) is 7.05 Å². The van der Waals surface area contributed by atoms with Crippen LogP contribution in [0, 0.1) is 11.3 Å².